The van der Waals surface area contributed by atoms with E-state index >= 15 is 0 Å². The second-order valence-electron chi connectivity index (χ2n) is 5.91. The molecule has 5 nitrogen and oxygen atoms in total. The molecule has 6 heteroatoms. The summed E-state index contributed by atoms with van der Waals surface area (Å²) in [4.78, 5) is 14.3. The summed E-state index contributed by atoms with van der Waals surface area (Å²) >= 11 is 5.93. The third kappa shape index (κ3) is 4.76. The number of halogens is 1. The Bertz CT molecular complexity index is 671. The molecule has 1 heterocycles. The Hall–Kier alpha value is -1.98. The van der Waals surface area contributed by atoms with Gasteiger partial charge in [0.25, 0.3) is 5.91 Å². The number of hydrogen-bond donors (Lipinski definition) is 1. The third-order valence-corrected chi connectivity index (χ3v) is 4.01. The van der Waals surface area contributed by atoms with E-state index < -0.39 is 6.10 Å². The summed E-state index contributed by atoms with van der Waals surface area (Å²) in [5.74, 6) is 1.28. The summed E-state index contributed by atoms with van der Waals surface area (Å²) in [6.07, 6.45) is 1.02. The first-order valence-corrected chi connectivity index (χ1v) is 8.16. The first-order chi connectivity index (χ1) is 11.4. The van der Waals surface area contributed by atoms with E-state index in [1.165, 1.54) is 0 Å². The van der Waals surface area contributed by atoms with Crippen LogP contribution in [0.3, 0.4) is 0 Å². The second-order valence-corrected chi connectivity index (χ2v) is 6.35. The van der Waals surface area contributed by atoms with E-state index in [0.717, 1.165) is 11.3 Å². The van der Waals surface area contributed by atoms with E-state index in [1.807, 2.05) is 38.1 Å². The van der Waals surface area contributed by atoms with Gasteiger partial charge >= 0.3 is 0 Å². The molecule has 2 aromatic rings. The van der Waals surface area contributed by atoms with Gasteiger partial charge in [0.2, 0.25) is 0 Å². The van der Waals surface area contributed by atoms with E-state index in [1.54, 1.807) is 31.4 Å². The summed E-state index contributed by atoms with van der Waals surface area (Å²) in [7, 11) is 3.88. The van der Waals surface area contributed by atoms with Gasteiger partial charge in [0.1, 0.15) is 11.5 Å². The number of amides is 1. The van der Waals surface area contributed by atoms with Gasteiger partial charge in [0, 0.05) is 11.6 Å². The lowest BCUT2D eigenvalue weighted by Gasteiger charge is -2.23. The van der Waals surface area contributed by atoms with Gasteiger partial charge in [0.15, 0.2) is 6.10 Å². The first kappa shape index (κ1) is 18.4. The van der Waals surface area contributed by atoms with Crippen LogP contribution in [-0.4, -0.2) is 37.6 Å². The van der Waals surface area contributed by atoms with Crippen LogP contribution >= 0.6 is 11.6 Å². The van der Waals surface area contributed by atoms with Gasteiger partial charge in [-0.3, -0.25) is 9.69 Å². The Morgan fingerprint density at radius 1 is 1.38 bits per heavy atom. The zero-order valence-corrected chi connectivity index (χ0v) is 15.1. The molecule has 0 bridgehead atoms. The standard InChI is InChI=1S/C18H23ClN2O3/c1-12-10-14(19)7-8-16(12)24-13(2)18(22)20-11-15(21(3)4)17-6-5-9-23-17/h5-10,13,15H,11H2,1-4H3,(H,20,22). The van der Waals surface area contributed by atoms with Crippen LogP contribution in [0.25, 0.3) is 0 Å². The number of carbonyl (C=O) groups is 1. The fourth-order valence-corrected chi connectivity index (χ4v) is 2.58. The zero-order chi connectivity index (χ0) is 17.7. The smallest absolute Gasteiger partial charge is 0.260 e. The van der Waals surface area contributed by atoms with Crippen LogP contribution in [0, 0.1) is 6.92 Å². The van der Waals surface area contributed by atoms with Crippen LogP contribution in [0.15, 0.2) is 41.0 Å². The number of likely N-dealkylation sites (N-methyl/N-ethyl adjacent to an activating group) is 1. The third-order valence-electron chi connectivity index (χ3n) is 3.77. The molecule has 0 aliphatic carbocycles. The molecule has 0 saturated carbocycles. The maximum Gasteiger partial charge on any atom is 0.260 e. The van der Waals surface area contributed by atoms with Gasteiger partial charge in [-0.15, -0.1) is 0 Å². The number of nitrogens with one attached hydrogen (secondary N) is 1. The highest BCUT2D eigenvalue weighted by Gasteiger charge is 2.21. The fourth-order valence-electron chi connectivity index (χ4n) is 2.35. The Morgan fingerprint density at radius 3 is 2.71 bits per heavy atom. The van der Waals surface area contributed by atoms with Crippen LogP contribution < -0.4 is 10.1 Å². The molecule has 24 heavy (non-hydrogen) atoms. The molecule has 0 saturated heterocycles. The molecule has 1 aromatic carbocycles. The largest absolute Gasteiger partial charge is 0.481 e. The Balaban J connectivity index is 1.93. The van der Waals surface area contributed by atoms with Crippen molar-refractivity contribution >= 4 is 17.5 Å². The number of aryl methyl sites for hydroxylation is 1. The van der Waals surface area contributed by atoms with Crippen molar-refractivity contribution in [3.63, 3.8) is 0 Å². The van der Waals surface area contributed by atoms with Crippen LogP contribution in [0.5, 0.6) is 5.75 Å². The molecule has 0 fully saturated rings. The fraction of sp³-hybridized carbons (Fsp3) is 0.389. The number of furan rings is 1. The van der Waals surface area contributed by atoms with Gasteiger partial charge in [-0.2, -0.15) is 0 Å². The molecule has 0 aliphatic rings. The number of hydrogen-bond acceptors (Lipinski definition) is 4. The summed E-state index contributed by atoms with van der Waals surface area (Å²) in [6, 6.07) is 9.02. The molecule has 130 valence electrons. The Labute approximate surface area is 147 Å². The van der Waals surface area contributed by atoms with E-state index in [4.69, 9.17) is 20.8 Å². The molecule has 0 spiro atoms. The Kier molecular flexibility index (Phi) is 6.29. The van der Waals surface area contributed by atoms with Gasteiger partial charge < -0.3 is 14.5 Å². The highest BCUT2D eigenvalue weighted by Crippen LogP contribution is 2.23. The predicted molar refractivity (Wildman–Crippen MR) is 94.4 cm³/mol. The van der Waals surface area contributed by atoms with E-state index in [2.05, 4.69) is 5.32 Å². The number of benzene rings is 1. The average Bonchev–Trinajstić information content (AvgIpc) is 3.03. The van der Waals surface area contributed by atoms with Crippen molar-refractivity contribution in [2.24, 2.45) is 0 Å². The summed E-state index contributed by atoms with van der Waals surface area (Å²) < 4.78 is 11.2. The minimum absolute atomic E-state index is 0.0339. The van der Waals surface area contributed by atoms with E-state index in [0.29, 0.717) is 17.3 Å². The maximum atomic E-state index is 12.3. The van der Waals surface area contributed by atoms with Gasteiger partial charge in [0.05, 0.1) is 12.3 Å². The average molecular weight is 351 g/mol. The van der Waals surface area contributed by atoms with Gasteiger partial charge in [-0.05, 0) is 63.8 Å². The molecule has 2 atom stereocenters. The summed E-state index contributed by atoms with van der Waals surface area (Å²) in [6.45, 7) is 4.05. The van der Waals surface area contributed by atoms with Crippen molar-refractivity contribution in [3.8, 4) is 5.75 Å². The molecule has 1 N–H and O–H groups in total. The van der Waals surface area contributed by atoms with Crippen LogP contribution in [0.4, 0.5) is 0 Å². The normalized spacial score (nSPS) is 13.6. The molecular formula is C18H23ClN2O3. The minimum atomic E-state index is -0.607. The van der Waals surface area contributed by atoms with Crippen molar-refractivity contribution in [3.05, 3.63) is 52.9 Å². The number of rotatable bonds is 7. The van der Waals surface area contributed by atoms with Crippen LogP contribution in [0.1, 0.15) is 24.3 Å². The number of ether oxygens (including phenoxy) is 1. The predicted octanol–water partition coefficient (Wildman–Crippen LogP) is 3.43. The quantitative estimate of drug-likeness (QED) is 0.831. The molecule has 0 radical (unpaired) electrons. The molecular weight excluding hydrogens is 328 g/mol. The van der Waals surface area contributed by atoms with Crippen LogP contribution in [0.2, 0.25) is 5.02 Å². The van der Waals surface area contributed by atoms with Crippen molar-refractivity contribution < 1.29 is 13.9 Å². The summed E-state index contributed by atoms with van der Waals surface area (Å²) in [5, 5.41) is 3.55. The van der Waals surface area contributed by atoms with Gasteiger partial charge in [-0.1, -0.05) is 11.6 Å². The molecule has 1 amide bonds. The highest BCUT2D eigenvalue weighted by molar-refractivity contribution is 6.30. The van der Waals surface area contributed by atoms with E-state index in [9.17, 15) is 4.79 Å². The second kappa shape index (κ2) is 8.22. The SMILES string of the molecule is Cc1cc(Cl)ccc1OC(C)C(=O)NCC(c1ccco1)N(C)C. The lowest BCUT2D eigenvalue weighted by Crippen LogP contribution is -2.41. The number of nitrogens with zero attached hydrogens (tertiary/aromatic N) is 1. The molecule has 1 aromatic heterocycles. The van der Waals surface area contributed by atoms with Crippen molar-refractivity contribution in [1.82, 2.24) is 10.2 Å². The van der Waals surface area contributed by atoms with Crippen molar-refractivity contribution in [2.45, 2.75) is 26.0 Å². The van der Waals surface area contributed by atoms with Crippen LogP contribution in [-0.2, 0) is 4.79 Å². The first-order valence-electron chi connectivity index (χ1n) is 7.79. The van der Waals surface area contributed by atoms with Crippen molar-refractivity contribution in [2.75, 3.05) is 20.6 Å². The molecule has 0 aliphatic heterocycles. The molecule has 2 unspecified atom stereocenters. The van der Waals surface area contributed by atoms with E-state index in [-0.39, 0.29) is 11.9 Å². The monoisotopic (exact) mass is 350 g/mol. The molecule has 2 rings (SSSR count). The number of carbonyl (C=O) groups excluding carboxylic acids is 1. The highest BCUT2D eigenvalue weighted by atomic mass is 35.5. The summed E-state index contributed by atoms with van der Waals surface area (Å²) in [5.41, 5.74) is 0.893. The lowest BCUT2D eigenvalue weighted by molar-refractivity contribution is -0.127. The zero-order valence-electron chi connectivity index (χ0n) is 14.4. The topological polar surface area (TPSA) is 54.7 Å². The minimum Gasteiger partial charge on any atom is -0.481 e. The lowest BCUT2D eigenvalue weighted by atomic mass is 10.2. The van der Waals surface area contributed by atoms with Crippen molar-refractivity contribution in [1.29, 1.82) is 0 Å². The maximum absolute atomic E-state index is 12.3. The van der Waals surface area contributed by atoms with Gasteiger partial charge in [-0.25, -0.2) is 0 Å². The Morgan fingerprint density at radius 2 is 2.12 bits per heavy atom.